The van der Waals surface area contributed by atoms with E-state index in [9.17, 15) is 9.59 Å². The largest absolute Gasteiger partial charge is 0.347 e. The van der Waals surface area contributed by atoms with Gasteiger partial charge in [0.2, 0.25) is 5.43 Å². The lowest BCUT2D eigenvalue weighted by atomic mass is 9.87. The van der Waals surface area contributed by atoms with Crippen molar-refractivity contribution in [2.24, 2.45) is 0 Å². The Kier molecular flexibility index (Phi) is 4.56. The Balaban J connectivity index is 1.74. The van der Waals surface area contributed by atoms with Gasteiger partial charge in [-0.2, -0.15) is 0 Å². The van der Waals surface area contributed by atoms with Crippen LogP contribution in [-0.2, 0) is 13.0 Å². The van der Waals surface area contributed by atoms with Gasteiger partial charge in [0.15, 0.2) is 0 Å². The van der Waals surface area contributed by atoms with E-state index in [0.717, 1.165) is 30.3 Å². The summed E-state index contributed by atoms with van der Waals surface area (Å²) in [7, 11) is 0. The quantitative estimate of drug-likeness (QED) is 0.763. The maximum Gasteiger partial charge on any atom is 0.257 e. The van der Waals surface area contributed by atoms with Crippen LogP contribution in [0.3, 0.4) is 0 Å². The molecule has 3 aromatic rings. The number of carbonyl (C=O) groups excluding carboxylic acids is 1. The van der Waals surface area contributed by atoms with Crippen molar-refractivity contribution in [3.63, 3.8) is 0 Å². The van der Waals surface area contributed by atoms with Gasteiger partial charge in [0.25, 0.3) is 5.91 Å². The van der Waals surface area contributed by atoms with Crippen LogP contribution < -0.4 is 10.7 Å². The van der Waals surface area contributed by atoms with Gasteiger partial charge in [0.1, 0.15) is 5.56 Å². The molecule has 1 unspecified atom stereocenters. The summed E-state index contributed by atoms with van der Waals surface area (Å²) in [6.45, 7) is 4.68. The first kappa shape index (κ1) is 17.5. The molecule has 27 heavy (non-hydrogen) atoms. The topological polar surface area (TPSA) is 51.1 Å². The molecular weight excluding hydrogens is 336 g/mol. The number of nitrogens with zero attached hydrogens (tertiary/aromatic N) is 1. The maximum atomic E-state index is 13.0. The van der Waals surface area contributed by atoms with Crippen LogP contribution in [0.1, 0.15) is 52.9 Å². The minimum Gasteiger partial charge on any atom is -0.347 e. The fraction of sp³-hybridized carbons (Fsp3) is 0.304. The minimum atomic E-state index is -0.285. The molecule has 4 nitrogen and oxygen atoms in total. The molecule has 1 aliphatic carbocycles. The van der Waals surface area contributed by atoms with Crippen molar-refractivity contribution in [1.29, 1.82) is 0 Å². The molecule has 0 bridgehead atoms. The molecule has 2 aromatic carbocycles. The van der Waals surface area contributed by atoms with Crippen LogP contribution in [0.15, 0.2) is 53.5 Å². The second-order valence-corrected chi connectivity index (χ2v) is 7.30. The molecule has 0 fully saturated rings. The fourth-order valence-electron chi connectivity index (χ4n) is 4.07. The van der Waals surface area contributed by atoms with Crippen LogP contribution in [0.4, 0.5) is 0 Å². The van der Waals surface area contributed by atoms with Gasteiger partial charge in [-0.1, -0.05) is 35.9 Å². The number of aromatic nitrogens is 1. The highest BCUT2D eigenvalue weighted by Gasteiger charge is 2.23. The number of rotatable bonds is 3. The summed E-state index contributed by atoms with van der Waals surface area (Å²) in [6, 6.07) is 14.0. The third-order valence-electron chi connectivity index (χ3n) is 5.50. The van der Waals surface area contributed by atoms with E-state index in [1.54, 1.807) is 6.20 Å². The number of nitrogens with one attached hydrogen (secondary N) is 1. The third kappa shape index (κ3) is 3.16. The van der Waals surface area contributed by atoms with Crippen molar-refractivity contribution < 1.29 is 4.79 Å². The normalized spacial score (nSPS) is 16.1. The van der Waals surface area contributed by atoms with E-state index in [0.29, 0.717) is 11.9 Å². The molecule has 1 heterocycles. The minimum absolute atomic E-state index is 0.0369. The van der Waals surface area contributed by atoms with Crippen LogP contribution >= 0.6 is 0 Å². The van der Waals surface area contributed by atoms with Crippen LogP contribution in [0.5, 0.6) is 0 Å². The highest BCUT2D eigenvalue weighted by Crippen LogP contribution is 2.29. The van der Waals surface area contributed by atoms with Crippen molar-refractivity contribution in [1.82, 2.24) is 9.88 Å². The molecule has 4 rings (SSSR count). The Hall–Kier alpha value is -2.88. The van der Waals surface area contributed by atoms with Gasteiger partial charge in [-0.05, 0) is 56.4 Å². The van der Waals surface area contributed by atoms with Crippen LogP contribution in [0.2, 0.25) is 0 Å². The average molecular weight is 360 g/mol. The molecule has 0 saturated carbocycles. The Morgan fingerprint density at radius 3 is 2.85 bits per heavy atom. The van der Waals surface area contributed by atoms with E-state index >= 15 is 0 Å². The van der Waals surface area contributed by atoms with Crippen molar-refractivity contribution in [3.8, 4) is 0 Å². The predicted molar refractivity (Wildman–Crippen MR) is 108 cm³/mol. The van der Waals surface area contributed by atoms with Crippen LogP contribution in [-0.4, -0.2) is 10.5 Å². The van der Waals surface area contributed by atoms with Gasteiger partial charge in [0.05, 0.1) is 11.6 Å². The highest BCUT2D eigenvalue weighted by molar-refractivity contribution is 5.97. The number of benzene rings is 2. The van der Waals surface area contributed by atoms with Gasteiger partial charge in [-0.25, -0.2) is 0 Å². The Morgan fingerprint density at radius 2 is 2.04 bits per heavy atom. The number of fused-ring (bicyclic) bond motifs is 2. The van der Waals surface area contributed by atoms with E-state index in [2.05, 4.69) is 17.4 Å². The Morgan fingerprint density at radius 1 is 1.22 bits per heavy atom. The van der Waals surface area contributed by atoms with E-state index < -0.39 is 0 Å². The predicted octanol–water partition coefficient (Wildman–Crippen LogP) is 4.14. The lowest BCUT2D eigenvalue weighted by molar-refractivity contribution is 0.0931. The van der Waals surface area contributed by atoms with Gasteiger partial charge in [-0.3, -0.25) is 9.59 Å². The smallest absolute Gasteiger partial charge is 0.257 e. The van der Waals surface area contributed by atoms with Crippen molar-refractivity contribution in [3.05, 3.63) is 81.1 Å². The fourth-order valence-corrected chi connectivity index (χ4v) is 4.07. The summed E-state index contributed by atoms with van der Waals surface area (Å²) >= 11 is 0. The van der Waals surface area contributed by atoms with Crippen molar-refractivity contribution in [2.75, 3.05) is 0 Å². The average Bonchev–Trinajstić information content (AvgIpc) is 2.69. The molecule has 1 amide bonds. The number of hydrogen-bond donors (Lipinski definition) is 1. The number of pyridine rings is 1. The summed E-state index contributed by atoms with van der Waals surface area (Å²) in [5.41, 5.74) is 4.37. The number of amides is 1. The van der Waals surface area contributed by atoms with Crippen molar-refractivity contribution in [2.45, 2.75) is 45.7 Å². The maximum absolute atomic E-state index is 13.0. The SMILES string of the molecule is CCn1cc(C(=O)NC2CCCc3ccccc32)c(=O)c2cc(C)ccc21. The molecule has 1 aliphatic rings. The lowest BCUT2D eigenvalue weighted by Crippen LogP contribution is -2.34. The van der Waals surface area contributed by atoms with Gasteiger partial charge >= 0.3 is 0 Å². The second-order valence-electron chi connectivity index (χ2n) is 7.30. The van der Waals surface area contributed by atoms with Crippen molar-refractivity contribution >= 4 is 16.8 Å². The monoisotopic (exact) mass is 360 g/mol. The summed E-state index contributed by atoms with van der Waals surface area (Å²) in [6.07, 6.45) is 4.68. The first-order valence-electron chi connectivity index (χ1n) is 9.61. The molecule has 138 valence electrons. The summed E-state index contributed by atoms with van der Waals surface area (Å²) in [5, 5.41) is 3.72. The van der Waals surface area contributed by atoms with E-state index in [1.807, 2.05) is 48.7 Å². The molecule has 0 saturated heterocycles. The zero-order valence-electron chi connectivity index (χ0n) is 15.8. The summed E-state index contributed by atoms with van der Waals surface area (Å²) < 4.78 is 1.97. The summed E-state index contributed by atoms with van der Waals surface area (Å²) in [4.78, 5) is 26.0. The molecule has 1 aromatic heterocycles. The van der Waals surface area contributed by atoms with E-state index in [4.69, 9.17) is 0 Å². The molecule has 1 atom stereocenters. The van der Waals surface area contributed by atoms with Gasteiger partial charge in [0, 0.05) is 18.1 Å². The van der Waals surface area contributed by atoms with Gasteiger partial charge < -0.3 is 9.88 Å². The van der Waals surface area contributed by atoms with E-state index in [-0.39, 0.29) is 22.9 Å². The Labute approximate surface area is 158 Å². The zero-order chi connectivity index (χ0) is 19.0. The third-order valence-corrected chi connectivity index (χ3v) is 5.50. The van der Waals surface area contributed by atoms with Gasteiger partial charge in [-0.15, -0.1) is 0 Å². The van der Waals surface area contributed by atoms with Crippen LogP contribution in [0, 0.1) is 6.92 Å². The molecule has 0 radical (unpaired) electrons. The number of carbonyl (C=O) groups is 1. The molecule has 4 heteroatoms. The zero-order valence-corrected chi connectivity index (χ0v) is 15.8. The molecule has 1 N–H and O–H groups in total. The lowest BCUT2D eigenvalue weighted by Gasteiger charge is -2.26. The van der Waals surface area contributed by atoms with Crippen LogP contribution in [0.25, 0.3) is 10.9 Å². The first-order chi connectivity index (χ1) is 13.1. The summed E-state index contributed by atoms with van der Waals surface area (Å²) in [5.74, 6) is -0.285. The molecular formula is C23H24N2O2. The molecule has 0 aliphatic heterocycles. The highest BCUT2D eigenvalue weighted by atomic mass is 16.2. The molecule has 0 spiro atoms. The first-order valence-corrected chi connectivity index (χ1v) is 9.61. The Bertz CT molecular complexity index is 1080. The standard InChI is InChI=1S/C23H24N2O2/c1-3-25-14-19(22(26)18-13-15(2)11-12-21(18)25)23(27)24-20-10-6-8-16-7-4-5-9-17(16)20/h4-5,7,9,11-14,20H,3,6,8,10H2,1-2H3,(H,24,27). The number of hydrogen-bond acceptors (Lipinski definition) is 2. The number of aryl methyl sites for hydroxylation is 3. The van der Waals surface area contributed by atoms with E-state index in [1.165, 1.54) is 11.1 Å². The second kappa shape index (κ2) is 7.03.